The first kappa shape index (κ1) is 21.1. The molecule has 1 aromatic carbocycles. The van der Waals surface area contributed by atoms with Crippen LogP contribution in [0.25, 0.3) is 6.08 Å². The summed E-state index contributed by atoms with van der Waals surface area (Å²) < 4.78 is 15.4. The summed E-state index contributed by atoms with van der Waals surface area (Å²) >= 11 is 6.91. The zero-order valence-electron chi connectivity index (χ0n) is 15.4. The third-order valence-electron chi connectivity index (χ3n) is 3.49. The molecule has 0 unspecified atom stereocenters. The van der Waals surface area contributed by atoms with E-state index in [9.17, 15) is 14.4 Å². The predicted molar refractivity (Wildman–Crippen MR) is 103 cm³/mol. The Bertz CT molecular complexity index is 792. The first-order chi connectivity index (χ1) is 12.8. The molecule has 0 N–H and O–H groups in total. The Labute approximate surface area is 166 Å². The number of benzene rings is 1. The number of hydrogen-bond donors (Lipinski definition) is 0. The lowest BCUT2D eigenvalue weighted by Gasteiger charge is -2.13. The molecule has 0 aromatic heterocycles. The first-order valence-corrected chi connectivity index (χ1v) is 9.28. The number of imide groups is 1. The molecule has 0 aliphatic carbocycles. The van der Waals surface area contributed by atoms with Crippen LogP contribution in [0.15, 0.2) is 17.0 Å². The number of ether oxygens (including phenoxy) is 3. The highest BCUT2D eigenvalue weighted by molar-refractivity contribution is 8.18. The largest absolute Gasteiger partial charge is 0.493 e. The minimum atomic E-state index is -0.624. The Morgan fingerprint density at radius 1 is 1.26 bits per heavy atom. The molecule has 7 nitrogen and oxygen atoms in total. The Hall–Kier alpha value is -2.19. The van der Waals surface area contributed by atoms with E-state index >= 15 is 0 Å². The molecule has 1 heterocycles. The fraction of sp³-hybridized carbons (Fsp3) is 0.389. The molecule has 0 bridgehead atoms. The molecule has 1 aromatic rings. The van der Waals surface area contributed by atoms with Gasteiger partial charge in [-0.15, -0.1) is 0 Å². The molecule has 1 fully saturated rings. The average Bonchev–Trinajstić information content (AvgIpc) is 2.86. The van der Waals surface area contributed by atoms with Crippen LogP contribution in [0.5, 0.6) is 11.5 Å². The Morgan fingerprint density at radius 2 is 1.96 bits per heavy atom. The van der Waals surface area contributed by atoms with Gasteiger partial charge in [0, 0.05) is 0 Å². The number of esters is 1. The predicted octanol–water partition coefficient (Wildman–Crippen LogP) is 3.59. The van der Waals surface area contributed by atoms with Gasteiger partial charge in [-0.25, -0.2) is 0 Å². The topological polar surface area (TPSA) is 82.1 Å². The van der Waals surface area contributed by atoms with Gasteiger partial charge in [0.2, 0.25) is 0 Å². The Morgan fingerprint density at radius 3 is 2.56 bits per heavy atom. The van der Waals surface area contributed by atoms with Crippen LogP contribution in [0.3, 0.4) is 0 Å². The van der Waals surface area contributed by atoms with Crippen molar-refractivity contribution in [2.45, 2.75) is 13.8 Å². The van der Waals surface area contributed by atoms with Gasteiger partial charge in [0.05, 0.1) is 30.8 Å². The van der Waals surface area contributed by atoms with Crippen LogP contribution in [-0.2, 0) is 14.3 Å². The molecule has 27 heavy (non-hydrogen) atoms. The van der Waals surface area contributed by atoms with Gasteiger partial charge in [0.15, 0.2) is 11.5 Å². The summed E-state index contributed by atoms with van der Waals surface area (Å²) in [4.78, 5) is 37.4. The second kappa shape index (κ2) is 9.14. The summed E-state index contributed by atoms with van der Waals surface area (Å²) in [5.41, 5.74) is 0.561. The molecule has 146 valence electrons. The van der Waals surface area contributed by atoms with Crippen LogP contribution in [0, 0.1) is 5.92 Å². The Kier molecular flexibility index (Phi) is 7.15. The summed E-state index contributed by atoms with van der Waals surface area (Å²) in [5.74, 6) is -0.248. The van der Waals surface area contributed by atoms with Gasteiger partial charge in [0.1, 0.15) is 6.54 Å². The van der Waals surface area contributed by atoms with Crippen LogP contribution in [-0.4, -0.2) is 49.4 Å². The molecule has 9 heteroatoms. The molecular formula is C18H20ClNO6S. The molecule has 1 saturated heterocycles. The number of hydrogen-bond acceptors (Lipinski definition) is 7. The molecule has 0 spiro atoms. The van der Waals surface area contributed by atoms with Crippen molar-refractivity contribution >= 4 is 46.6 Å². The SMILES string of the molecule is COc1cc(/C=C2\SC(=O)N(CC(=O)OCC(C)C)C2=O)cc(Cl)c1OC. The highest BCUT2D eigenvalue weighted by atomic mass is 35.5. The molecular weight excluding hydrogens is 394 g/mol. The zero-order valence-corrected chi connectivity index (χ0v) is 17.0. The van der Waals surface area contributed by atoms with Gasteiger partial charge in [-0.05, 0) is 41.5 Å². The lowest BCUT2D eigenvalue weighted by Crippen LogP contribution is -2.34. The fourth-order valence-electron chi connectivity index (χ4n) is 2.24. The van der Waals surface area contributed by atoms with E-state index in [0.29, 0.717) is 22.1 Å². The van der Waals surface area contributed by atoms with Gasteiger partial charge in [-0.1, -0.05) is 25.4 Å². The van der Waals surface area contributed by atoms with Crippen molar-refractivity contribution in [3.8, 4) is 11.5 Å². The number of nitrogens with zero attached hydrogens (tertiary/aromatic N) is 1. The monoisotopic (exact) mass is 413 g/mol. The minimum Gasteiger partial charge on any atom is -0.493 e. The zero-order chi connectivity index (χ0) is 20.1. The molecule has 1 aliphatic rings. The quantitative estimate of drug-likeness (QED) is 0.499. The summed E-state index contributed by atoms with van der Waals surface area (Å²) in [6.45, 7) is 3.60. The third-order valence-corrected chi connectivity index (χ3v) is 4.68. The molecule has 2 rings (SSSR count). The van der Waals surface area contributed by atoms with Crippen molar-refractivity contribution in [2.75, 3.05) is 27.4 Å². The second-order valence-electron chi connectivity index (χ2n) is 6.08. The molecule has 0 atom stereocenters. The highest BCUT2D eigenvalue weighted by Gasteiger charge is 2.36. The summed E-state index contributed by atoms with van der Waals surface area (Å²) in [6, 6.07) is 3.23. The lowest BCUT2D eigenvalue weighted by molar-refractivity contribution is -0.147. The van der Waals surface area contributed by atoms with E-state index in [1.807, 2.05) is 13.8 Å². The van der Waals surface area contributed by atoms with Crippen molar-refractivity contribution in [1.82, 2.24) is 4.90 Å². The first-order valence-electron chi connectivity index (χ1n) is 8.09. The fourth-order valence-corrected chi connectivity index (χ4v) is 3.38. The number of amides is 2. The standard InChI is InChI=1S/C18H20ClNO6S/c1-10(2)9-26-15(21)8-20-17(22)14(27-18(20)23)7-11-5-12(19)16(25-4)13(6-11)24-3/h5-7,10H,8-9H2,1-4H3/b14-7-. The molecule has 2 amide bonds. The maximum absolute atomic E-state index is 12.5. The van der Waals surface area contributed by atoms with Gasteiger partial charge in [0.25, 0.3) is 11.1 Å². The van der Waals surface area contributed by atoms with Crippen molar-refractivity contribution in [3.05, 3.63) is 27.6 Å². The van der Waals surface area contributed by atoms with Crippen LogP contribution < -0.4 is 9.47 Å². The maximum atomic E-state index is 12.5. The van der Waals surface area contributed by atoms with Gasteiger partial charge < -0.3 is 14.2 Å². The average molecular weight is 414 g/mol. The van der Waals surface area contributed by atoms with E-state index in [0.717, 1.165) is 16.7 Å². The normalized spacial score (nSPS) is 15.6. The van der Waals surface area contributed by atoms with E-state index in [-0.39, 0.29) is 17.4 Å². The van der Waals surface area contributed by atoms with Crippen molar-refractivity contribution < 1.29 is 28.6 Å². The minimum absolute atomic E-state index is 0.165. The van der Waals surface area contributed by atoms with Crippen molar-refractivity contribution in [3.63, 3.8) is 0 Å². The lowest BCUT2D eigenvalue weighted by atomic mass is 10.2. The second-order valence-corrected chi connectivity index (χ2v) is 7.48. The van der Waals surface area contributed by atoms with E-state index in [4.69, 9.17) is 25.8 Å². The van der Waals surface area contributed by atoms with Crippen LogP contribution >= 0.6 is 23.4 Å². The van der Waals surface area contributed by atoms with Gasteiger partial charge >= 0.3 is 5.97 Å². The number of carbonyl (C=O) groups is 3. The number of rotatable bonds is 7. The van der Waals surface area contributed by atoms with Crippen LogP contribution in [0.4, 0.5) is 4.79 Å². The smallest absolute Gasteiger partial charge is 0.326 e. The van der Waals surface area contributed by atoms with Crippen molar-refractivity contribution in [2.24, 2.45) is 5.92 Å². The van der Waals surface area contributed by atoms with E-state index < -0.39 is 23.7 Å². The van der Waals surface area contributed by atoms with E-state index in [1.54, 1.807) is 12.1 Å². The molecule has 1 aliphatic heterocycles. The molecule has 0 radical (unpaired) electrons. The van der Waals surface area contributed by atoms with E-state index in [2.05, 4.69) is 0 Å². The number of thioether (sulfide) groups is 1. The van der Waals surface area contributed by atoms with Gasteiger partial charge in [-0.2, -0.15) is 0 Å². The van der Waals surface area contributed by atoms with Crippen LogP contribution in [0.1, 0.15) is 19.4 Å². The number of halogens is 1. The highest BCUT2D eigenvalue weighted by Crippen LogP contribution is 2.38. The maximum Gasteiger partial charge on any atom is 0.326 e. The summed E-state index contributed by atoms with van der Waals surface area (Å²) in [7, 11) is 2.93. The summed E-state index contributed by atoms with van der Waals surface area (Å²) in [6.07, 6.45) is 1.51. The summed E-state index contributed by atoms with van der Waals surface area (Å²) in [5, 5.41) is -0.223. The molecule has 0 saturated carbocycles. The van der Waals surface area contributed by atoms with Gasteiger partial charge in [-0.3, -0.25) is 19.3 Å². The number of carbonyl (C=O) groups excluding carboxylic acids is 3. The number of methoxy groups -OCH3 is 2. The van der Waals surface area contributed by atoms with E-state index in [1.165, 1.54) is 20.3 Å². The Balaban J connectivity index is 2.18. The third kappa shape index (κ3) is 5.17. The van der Waals surface area contributed by atoms with Crippen molar-refractivity contribution in [1.29, 1.82) is 0 Å². The van der Waals surface area contributed by atoms with Crippen LogP contribution in [0.2, 0.25) is 5.02 Å².